The van der Waals surface area contributed by atoms with Gasteiger partial charge in [0.15, 0.2) is 0 Å². The minimum Gasteiger partial charge on any atom is -0.325 e. The molecule has 0 aliphatic rings. The van der Waals surface area contributed by atoms with E-state index in [1.807, 2.05) is 16.8 Å². The lowest BCUT2D eigenvalue weighted by atomic mass is 10.2. The average Bonchev–Trinajstić information content (AvgIpc) is 2.57. The quantitative estimate of drug-likeness (QED) is 0.910. The van der Waals surface area contributed by atoms with E-state index >= 15 is 0 Å². The minimum absolute atomic E-state index is 0.336. The Morgan fingerprint density at radius 3 is 2.80 bits per heavy atom. The van der Waals surface area contributed by atoms with Crippen LogP contribution in [0.1, 0.15) is 25.6 Å². The smallest absolute Gasteiger partial charge is 0.107 e. The molecule has 0 unspecified atom stereocenters. The summed E-state index contributed by atoms with van der Waals surface area (Å²) >= 11 is 3.51. The number of rotatable bonds is 2. The molecule has 1 heterocycles. The van der Waals surface area contributed by atoms with E-state index in [1.54, 1.807) is 0 Å². The highest BCUT2D eigenvalue weighted by Gasteiger charge is 2.13. The van der Waals surface area contributed by atoms with Gasteiger partial charge in [0.2, 0.25) is 0 Å². The van der Waals surface area contributed by atoms with Crippen LogP contribution in [0, 0.1) is 0 Å². The standard InChI is InChI=1S/C11H14BrN3/c1-7(2)15-10(6-13)8-4-3-5-9(12)11(8)14-15/h3-5,7H,6,13H2,1-2H3. The molecule has 0 radical (unpaired) electrons. The van der Waals surface area contributed by atoms with Gasteiger partial charge in [-0.25, -0.2) is 0 Å². The molecule has 0 saturated carbocycles. The number of hydrogen-bond acceptors (Lipinski definition) is 2. The lowest BCUT2D eigenvalue weighted by Crippen LogP contribution is -2.10. The van der Waals surface area contributed by atoms with Crippen LogP contribution in [0.3, 0.4) is 0 Å². The van der Waals surface area contributed by atoms with Crippen LogP contribution in [-0.4, -0.2) is 9.78 Å². The molecule has 0 bridgehead atoms. The number of aromatic nitrogens is 2. The van der Waals surface area contributed by atoms with Crippen molar-refractivity contribution in [1.29, 1.82) is 0 Å². The van der Waals surface area contributed by atoms with Gasteiger partial charge in [-0.1, -0.05) is 12.1 Å². The largest absolute Gasteiger partial charge is 0.325 e. The van der Waals surface area contributed by atoms with Crippen molar-refractivity contribution in [2.45, 2.75) is 26.4 Å². The molecule has 2 rings (SSSR count). The minimum atomic E-state index is 0.336. The lowest BCUT2D eigenvalue weighted by Gasteiger charge is -2.08. The van der Waals surface area contributed by atoms with Gasteiger partial charge >= 0.3 is 0 Å². The molecule has 2 N–H and O–H groups in total. The summed E-state index contributed by atoms with van der Waals surface area (Å²) in [5.41, 5.74) is 7.86. The van der Waals surface area contributed by atoms with Crippen molar-refractivity contribution in [3.8, 4) is 0 Å². The van der Waals surface area contributed by atoms with Crippen LogP contribution < -0.4 is 5.73 Å². The van der Waals surface area contributed by atoms with E-state index in [4.69, 9.17) is 5.73 Å². The topological polar surface area (TPSA) is 43.8 Å². The highest BCUT2D eigenvalue weighted by molar-refractivity contribution is 9.10. The predicted octanol–water partition coefficient (Wildman–Crippen LogP) is 2.84. The maximum absolute atomic E-state index is 5.77. The monoisotopic (exact) mass is 267 g/mol. The van der Waals surface area contributed by atoms with Crippen LogP contribution in [0.25, 0.3) is 10.9 Å². The third kappa shape index (κ3) is 1.68. The van der Waals surface area contributed by atoms with Crippen molar-refractivity contribution in [3.05, 3.63) is 28.4 Å². The summed E-state index contributed by atoms with van der Waals surface area (Å²) < 4.78 is 3.02. The summed E-state index contributed by atoms with van der Waals surface area (Å²) in [5.74, 6) is 0. The number of nitrogens with zero attached hydrogens (tertiary/aromatic N) is 2. The molecule has 0 spiro atoms. The normalized spacial score (nSPS) is 11.5. The van der Waals surface area contributed by atoms with Crippen LogP contribution in [0.4, 0.5) is 0 Å². The summed E-state index contributed by atoms with van der Waals surface area (Å²) in [5, 5.41) is 5.71. The molecule has 3 nitrogen and oxygen atoms in total. The molecule has 0 amide bonds. The van der Waals surface area contributed by atoms with Gasteiger partial charge in [-0.05, 0) is 35.8 Å². The number of nitrogens with two attached hydrogens (primary N) is 1. The first-order valence-electron chi connectivity index (χ1n) is 5.00. The van der Waals surface area contributed by atoms with E-state index in [0.717, 1.165) is 21.1 Å². The lowest BCUT2D eigenvalue weighted by molar-refractivity contribution is 0.515. The van der Waals surface area contributed by atoms with Gasteiger partial charge in [-0.2, -0.15) is 5.10 Å². The first kappa shape index (κ1) is 10.6. The summed E-state index contributed by atoms with van der Waals surface area (Å²) in [7, 11) is 0. The molecule has 2 aromatic rings. The summed E-state index contributed by atoms with van der Waals surface area (Å²) in [6, 6.07) is 6.41. The molecule has 0 saturated heterocycles. The molecular weight excluding hydrogens is 254 g/mol. The molecular formula is C11H14BrN3. The fraction of sp³-hybridized carbons (Fsp3) is 0.364. The van der Waals surface area contributed by atoms with E-state index in [0.29, 0.717) is 12.6 Å². The van der Waals surface area contributed by atoms with Crippen LogP contribution in [0.15, 0.2) is 22.7 Å². The molecule has 0 atom stereocenters. The second kappa shape index (κ2) is 3.94. The number of hydrogen-bond donors (Lipinski definition) is 1. The Kier molecular flexibility index (Phi) is 2.80. The average molecular weight is 268 g/mol. The van der Waals surface area contributed by atoms with Gasteiger partial charge in [-0.3, -0.25) is 4.68 Å². The molecule has 15 heavy (non-hydrogen) atoms. The second-order valence-corrected chi connectivity index (χ2v) is 4.68. The van der Waals surface area contributed by atoms with Crippen molar-refractivity contribution in [2.75, 3.05) is 0 Å². The Balaban J connectivity index is 2.78. The van der Waals surface area contributed by atoms with Gasteiger partial charge in [0.05, 0.1) is 5.69 Å². The predicted molar refractivity (Wildman–Crippen MR) is 65.7 cm³/mol. The second-order valence-electron chi connectivity index (χ2n) is 3.83. The van der Waals surface area contributed by atoms with Crippen LogP contribution in [0.5, 0.6) is 0 Å². The van der Waals surface area contributed by atoms with E-state index in [-0.39, 0.29) is 0 Å². The molecule has 1 aromatic heterocycles. The number of benzene rings is 1. The molecule has 4 heteroatoms. The maximum Gasteiger partial charge on any atom is 0.107 e. The van der Waals surface area contributed by atoms with Crippen LogP contribution in [-0.2, 0) is 6.54 Å². The summed E-state index contributed by atoms with van der Waals surface area (Å²) in [4.78, 5) is 0. The van der Waals surface area contributed by atoms with Crippen molar-refractivity contribution >= 4 is 26.8 Å². The zero-order valence-corrected chi connectivity index (χ0v) is 10.5. The highest BCUT2D eigenvalue weighted by atomic mass is 79.9. The van der Waals surface area contributed by atoms with Gasteiger partial charge < -0.3 is 5.73 Å². The molecule has 0 aliphatic carbocycles. The van der Waals surface area contributed by atoms with Crippen molar-refractivity contribution in [1.82, 2.24) is 9.78 Å². The zero-order valence-electron chi connectivity index (χ0n) is 8.87. The van der Waals surface area contributed by atoms with E-state index in [1.165, 1.54) is 0 Å². The molecule has 0 fully saturated rings. The first-order valence-corrected chi connectivity index (χ1v) is 5.80. The van der Waals surface area contributed by atoms with Gasteiger partial charge in [0.25, 0.3) is 0 Å². The Morgan fingerprint density at radius 2 is 2.20 bits per heavy atom. The molecule has 0 aliphatic heterocycles. The van der Waals surface area contributed by atoms with E-state index < -0.39 is 0 Å². The Morgan fingerprint density at radius 1 is 1.47 bits per heavy atom. The number of halogens is 1. The van der Waals surface area contributed by atoms with Crippen molar-refractivity contribution in [2.24, 2.45) is 5.73 Å². The zero-order chi connectivity index (χ0) is 11.0. The van der Waals surface area contributed by atoms with Gasteiger partial charge in [0.1, 0.15) is 5.52 Å². The Labute approximate surface area is 97.4 Å². The van der Waals surface area contributed by atoms with Gasteiger partial charge in [-0.15, -0.1) is 0 Å². The van der Waals surface area contributed by atoms with Crippen LogP contribution >= 0.6 is 15.9 Å². The van der Waals surface area contributed by atoms with Crippen LogP contribution in [0.2, 0.25) is 0 Å². The Hall–Kier alpha value is -0.870. The first-order chi connectivity index (χ1) is 7.15. The molecule has 80 valence electrons. The molecule has 1 aromatic carbocycles. The fourth-order valence-electron chi connectivity index (χ4n) is 1.77. The van der Waals surface area contributed by atoms with Gasteiger partial charge in [0, 0.05) is 22.4 Å². The third-order valence-corrected chi connectivity index (χ3v) is 3.10. The fourth-order valence-corrected chi connectivity index (χ4v) is 2.22. The Bertz CT molecular complexity index is 488. The van der Waals surface area contributed by atoms with Crippen molar-refractivity contribution in [3.63, 3.8) is 0 Å². The number of fused-ring (bicyclic) bond motifs is 1. The highest BCUT2D eigenvalue weighted by Crippen LogP contribution is 2.27. The maximum atomic E-state index is 5.77. The van der Waals surface area contributed by atoms with Crippen molar-refractivity contribution < 1.29 is 0 Å². The van der Waals surface area contributed by atoms with E-state index in [2.05, 4.69) is 40.9 Å². The third-order valence-electron chi connectivity index (χ3n) is 2.46. The van der Waals surface area contributed by atoms with E-state index in [9.17, 15) is 0 Å². The summed E-state index contributed by atoms with van der Waals surface area (Å²) in [6.07, 6.45) is 0. The summed E-state index contributed by atoms with van der Waals surface area (Å²) in [6.45, 7) is 4.74. The SMILES string of the molecule is CC(C)n1nc2c(Br)cccc2c1CN.